The van der Waals surface area contributed by atoms with E-state index in [-0.39, 0.29) is 17.8 Å². The Morgan fingerprint density at radius 3 is 2.65 bits per heavy atom. The van der Waals surface area contributed by atoms with Crippen LogP contribution in [0.15, 0.2) is 81.2 Å². The molecule has 0 spiro atoms. The van der Waals surface area contributed by atoms with Gasteiger partial charge in [0.25, 0.3) is 5.91 Å². The molecular weight excluding hydrogens is 585 g/mol. The molecule has 7 heteroatoms. The summed E-state index contributed by atoms with van der Waals surface area (Å²) in [6.45, 7) is 4.58. The van der Waals surface area contributed by atoms with Crippen molar-refractivity contribution < 1.29 is 9.18 Å². The predicted molar refractivity (Wildman–Crippen MR) is 167 cm³/mol. The van der Waals surface area contributed by atoms with Gasteiger partial charge in [0.1, 0.15) is 5.82 Å². The average Bonchev–Trinajstić information content (AvgIpc) is 3.44. The van der Waals surface area contributed by atoms with Gasteiger partial charge in [0.2, 0.25) is 0 Å². The molecule has 1 saturated carbocycles. The fourth-order valence-corrected chi connectivity index (χ4v) is 7.08. The van der Waals surface area contributed by atoms with Crippen LogP contribution in [-0.4, -0.2) is 26.6 Å². The van der Waals surface area contributed by atoms with Crippen LogP contribution >= 0.6 is 27.7 Å². The van der Waals surface area contributed by atoms with Gasteiger partial charge in [0.05, 0.1) is 17.1 Å². The van der Waals surface area contributed by atoms with E-state index >= 15 is 0 Å². The van der Waals surface area contributed by atoms with Crippen molar-refractivity contribution in [2.75, 3.05) is 0 Å². The Kier molecular flexibility index (Phi) is 7.69. The molecule has 2 aliphatic rings. The summed E-state index contributed by atoms with van der Waals surface area (Å²) in [6, 6.07) is 19.3. The van der Waals surface area contributed by atoms with Gasteiger partial charge in [0, 0.05) is 38.7 Å². The van der Waals surface area contributed by atoms with Crippen LogP contribution in [-0.2, 0) is 11.3 Å². The molecule has 3 aromatic carbocycles. The lowest BCUT2D eigenvalue weighted by atomic mass is 9.94. The number of aryl methyl sites for hydroxylation is 1. The lowest BCUT2D eigenvalue weighted by Crippen LogP contribution is -2.40. The number of benzene rings is 3. The minimum Gasteiger partial charge on any atom is -0.342 e. The molecule has 40 heavy (non-hydrogen) atoms. The van der Waals surface area contributed by atoms with E-state index in [1.54, 1.807) is 6.07 Å². The molecule has 1 aromatic heterocycles. The zero-order valence-electron chi connectivity index (χ0n) is 22.7. The maximum atomic E-state index is 14.5. The summed E-state index contributed by atoms with van der Waals surface area (Å²) in [7, 11) is 0. The maximum Gasteiger partial charge on any atom is 0.267 e. The fraction of sp³-hybridized carbons (Fsp3) is 0.273. The summed E-state index contributed by atoms with van der Waals surface area (Å²) in [6.07, 6.45) is 9.49. The topological polar surface area (TPSA) is 37.6 Å². The molecule has 2 heterocycles. The second-order valence-electron chi connectivity index (χ2n) is 10.7. The number of amides is 1. The number of carbonyl (C=O) groups is 1. The third kappa shape index (κ3) is 5.29. The lowest BCUT2D eigenvalue weighted by molar-refractivity contribution is -0.124. The van der Waals surface area contributed by atoms with Gasteiger partial charge >= 0.3 is 0 Å². The molecule has 6 rings (SSSR count). The molecule has 0 bridgehead atoms. The van der Waals surface area contributed by atoms with Crippen molar-refractivity contribution in [3.05, 3.63) is 104 Å². The van der Waals surface area contributed by atoms with Gasteiger partial charge in [-0.1, -0.05) is 65.5 Å². The van der Waals surface area contributed by atoms with E-state index in [1.807, 2.05) is 53.6 Å². The van der Waals surface area contributed by atoms with E-state index < -0.39 is 0 Å². The number of nitrogens with zero attached hydrogens (tertiary/aromatic N) is 3. The van der Waals surface area contributed by atoms with Crippen LogP contribution in [0.3, 0.4) is 0 Å². The fourth-order valence-electron chi connectivity index (χ4n) is 5.68. The summed E-state index contributed by atoms with van der Waals surface area (Å²) < 4.78 is 17.5. The number of hydrogen-bond donors (Lipinski definition) is 0. The lowest BCUT2D eigenvalue weighted by Gasteiger charge is -2.30. The van der Waals surface area contributed by atoms with Crippen molar-refractivity contribution >= 4 is 61.4 Å². The third-order valence-electron chi connectivity index (χ3n) is 8.03. The first-order valence-corrected chi connectivity index (χ1v) is 15.4. The Labute approximate surface area is 247 Å². The number of thioether (sulfide) groups is 1. The summed E-state index contributed by atoms with van der Waals surface area (Å²) in [4.78, 5) is 21.7. The number of hydrogen-bond acceptors (Lipinski definition) is 3. The maximum absolute atomic E-state index is 14.5. The van der Waals surface area contributed by atoms with Crippen molar-refractivity contribution in [1.82, 2.24) is 9.47 Å². The number of amidine groups is 1. The molecule has 0 unspecified atom stereocenters. The average molecular weight is 617 g/mol. The van der Waals surface area contributed by atoms with Gasteiger partial charge in [-0.05, 0) is 86.0 Å². The molecule has 1 aliphatic heterocycles. The van der Waals surface area contributed by atoms with Gasteiger partial charge in [-0.3, -0.25) is 9.69 Å². The molecule has 2 fully saturated rings. The SMILES string of the molecule is Cc1cccc(N=C2S/C(=C/c3cn(Cc4ccccc4F)c4ccc(Br)cc34)C(=O)N2C2CCCCC2)c1C. The highest BCUT2D eigenvalue weighted by atomic mass is 79.9. The summed E-state index contributed by atoms with van der Waals surface area (Å²) >= 11 is 5.07. The van der Waals surface area contributed by atoms with Crippen LogP contribution in [0.5, 0.6) is 0 Å². The first kappa shape index (κ1) is 27.0. The Balaban J connectivity index is 1.43. The van der Waals surface area contributed by atoms with Crippen molar-refractivity contribution in [2.45, 2.75) is 58.5 Å². The molecule has 4 nitrogen and oxygen atoms in total. The highest BCUT2D eigenvalue weighted by Crippen LogP contribution is 2.40. The first-order valence-electron chi connectivity index (χ1n) is 13.8. The zero-order chi connectivity index (χ0) is 27.8. The van der Waals surface area contributed by atoms with Gasteiger partial charge in [-0.2, -0.15) is 0 Å². The van der Waals surface area contributed by atoms with Crippen molar-refractivity contribution in [1.29, 1.82) is 0 Å². The van der Waals surface area contributed by atoms with Gasteiger partial charge in [-0.15, -0.1) is 0 Å². The number of aliphatic imine (C=N–C) groups is 1. The van der Waals surface area contributed by atoms with Gasteiger partial charge < -0.3 is 4.57 Å². The molecular formula is C33H31BrFN3OS. The minimum absolute atomic E-state index is 0.0194. The van der Waals surface area contributed by atoms with Gasteiger partial charge in [-0.25, -0.2) is 9.38 Å². The second-order valence-corrected chi connectivity index (χ2v) is 12.6. The largest absolute Gasteiger partial charge is 0.342 e. The van der Waals surface area contributed by atoms with Crippen LogP contribution in [0.4, 0.5) is 10.1 Å². The number of halogens is 2. The molecule has 4 aromatic rings. The highest BCUT2D eigenvalue weighted by Gasteiger charge is 2.39. The van der Waals surface area contributed by atoms with Crippen LogP contribution in [0.2, 0.25) is 0 Å². The van der Waals surface area contributed by atoms with E-state index in [0.717, 1.165) is 63.0 Å². The van der Waals surface area contributed by atoms with Crippen molar-refractivity contribution in [3.8, 4) is 0 Å². The van der Waals surface area contributed by atoms with E-state index in [9.17, 15) is 9.18 Å². The quantitative estimate of drug-likeness (QED) is 0.210. The molecule has 0 atom stereocenters. The Morgan fingerprint density at radius 2 is 1.85 bits per heavy atom. The van der Waals surface area contributed by atoms with E-state index in [1.165, 1.54) is 29.8 Å². The Bertz CT molecular complexity index is 1670. The normalized spacial score (nSPS) is 18.5. The minimum atomic E-state index is -0.224. The Morgan fingerprint density at radius 1 is 1.05 bits per heavy atom. The molecule has 0 N–H and O–H groups in total. The van der Waals surface area contributed by atoms with E-state index in [0.29, 0.717) is 17.0 Å². The van der Waals surface area contributed by atoms with Crippen LogP contribution in [0, 0.1) is 19.7 Å². The third-order valence-corrected chi connectivity index (χ3v) is 9.50. The molecule has 0 radical (unpaired) electrons. The summed E-state index contributed by atoms with van der Waals surface area (Å²) in [5.41, 5.74) is 5.76. The van der Waals surface area contributed by atoms with Crippen molar-refractivity contribution in [3.63, 3.8) is 0 Å². The molecule has 1 saturated heterocycles. The number of rotatable bonds is 5. The van der Waals surface area contributed by atoms with E-state index in [2.05, 4.69) is 46.5 Å². The highest BCUT2D eigenvalue weighted by molar-refractivity contribution is 9.10. The smallest absolute Gasteiger partial charge is 0.267 e. The molecule has 1 aliphatic carbocycles. The van der Waals surface area contributed by atoms with Crippen LogP contribution in [0.25, 0.3) is 17.0 Å². The summed E-state index contributed by atoms with van der Waals surface area (Å²) in [5, 5.41) is 1.77. The second kappa shape index (κ2) is 11.4. The zero-order valence-corrected chi connectivity index (χ0v) is 25.1. The molecule has 204 valence electrons. The molecule has 1 amide bonds. The monoisotopic (exact) mass is 615 g/mol. The standard InChI is InChI=1S/C33H31BrFN3OS/c1-21-9-8-14-29(22(21)2)36-33-38(26-11-4-3-5-12-26)32(39)31(40-33)17-24-20-37(19-23-10-6-7-13-28(23)35)30-16-15-25(34)18-27(24)30/h6-10,13-18,20,26H,3-5,11-12,19H2,1-2H3/b31-17+,36-33?. The predicted octanol–water partition coefficient (Wildman–Crippen LogP) is 9.14. The number of carbonyl (C=O) groups excluding carboxylic acids is 1. The van der Waals surface area contributed by atoms with Crippen molar-refractivity contribution in [2.24, 2.45) is 4.99 Å². The number of aromatic nitrogens is 1. The van der Waals surface area contributed by atoms with Crippen LogP contribution < -0.4 is 0 Å². The first-order chi connectivity index (χ1) is 19.4. The van der Waals surface area contributed by atoms with E-state index in [4.69, 9.17) is 4.99 Å². The van der Waals surface area contributed by atoms with Crippen LogP contribution in [0.1, 0.15) is 54.4 Å². The van der Waals surface area contributed by atoms with Gasteiger partial charge in [0.15, 0.2) is 5.17 Å². The summed E-state index contributed by atoms with van der Waals surface area (Å²) in [5.74, 6) is -0.204. The number of fused-ring (bicyclic) bond motifs is 1. The Hall–Kier alpha value is -3.16.